The minimum atomic E-state index is -0.720. The lowest BCUT2D eigenvalue weighted by Gasteiger charge is -2.25. The number of aryl methyl sites for hydroxylation is 1. The molecule has 10 nitrogen and oxygen atoms in total. The third-order valence-corrected chi connectivity index (χ3v) is 5.87. The van der Waals surface area contributed by atoms with E-state index in [0.29, 0.717) is 28.3 Å². The lowest BCUT2D eigenvalue weighted by Crippen LogP contribution is -2.30. The number of nitrogens with one attached hydrogen (secondary N) is 1. The fourth-order valence-corrected chi connectivity index (χ4v) is 4.02. The van der Waals surface area contributed by atoms with Crippen LogP contribution < -0.4 is 20.0 Å². The molecule has 36 heavy (non-hydrogen) atoms. The number of benzene rings is 2. The summed E-state index contributed by atoms with van der Waals surface area (Å²) < 4.78 is 5.23. The first-order valence-electron chi connectivity index (χ1n) is 10.9. The maximum atomic E-state index is 13.3. The van der Waals surface area contributed by atoms with E-state index >= 15 is 0 Å². The first kappa shape index (κ1) is 24.2. The molecule has 2 amide bonds. The molecule has 0 spiro atoms. The highest BCUT2D eigenvalue weighted by Crippen LogP contribution is 2.43. The Labute approximate surface area is 207 Å². The van der Waals surface area contributed by atoms with E-state index in [1.165, 1.54) is 14.0 Å². The fraction of sp³-hybridized carbons (Fsp3) is 0.192. The average molecular weight is 486 g/mol. The number of carbonyl (C=O) groups is 3. The summed E-state index contributed by atoms with van der Waals surface area (Å²) in [7, 11) is 5.13. The number of anilines is 3. The van der Waals surface area contributed by atoms with E-state index in [1.54, 1.807) is 43.3 Å². The van der Waals surface area contributed by atoms with Crippen LogP contribution in [0.5, 0.6) is 5.75 Å². The molecule has 0 fully saturated rings. The third kappa shape index (κ3) is 3.86. The normalized spacial score (nSPS) is 17.0. The Morgan fingerprint density at radius 1 is 1.14 bits per heavy atom. The molecule has 2 aromatic carbocycles. The second kappa shape index (κ2) is 9.03. The van der Waals surface area contributed by atoms with Gasteiger partial charge in [-0.2, -0.15) is 15.4 Å². The van der Waals surface area contributed by atoms with Gasteiger partial charge in [0.2, 0.25) is 11.7 Å². The number of carbonyl (C=O) groups excluding carboxylic acids is 3. The largest absolute Gasteiger partial charge is 0.506 e. The molecule has 0 unspecified atom stereocenters. The predicted octanol–water partition coefficient (Wildman–Crippen LogP) is 3.10. The first-order chi connectivity index (χ1) is 17.1. The Hall–Kier alpha value is -4.91. The molecule has 0 saturated carbocycles. The summed E-state index contributed by atoms with van der Waals surface area (Å²) in [5, 5.41) is 28.4. The fourth-order valence-electron chi connectivity index (χ4n) is 4.02. The van der Waals surface area contributed by atoms with Crippen LogP contribution in [0.1, 0.15) is 18.1 Å². The lowest BCUT2D eigenvalue weighted by atomic mass is 9.79. The van der Waals surface area contributed by atoms with Crippen molar-refractivity contribution in [2.75, 3.05) is 36.4 Å². The van der Waals surface area contributed by atoms with E-state index in [1.807, 2.05) is 25.1 Å². The van der Waals surface area contributed by atoms with Gasteiger partial charge in [0.15, 0.2) is 5.71 Å². The van der Waals surface area contributed by atoms with Crippen LogP contribution in [-0.4, -0.2) is 49.6 Å². The highest BCUT2D eigenvalue weighted by molar-refractivity contribution is 6.47. The van der Waals surface area contributed by atoms with Gasteiger partial charge >= 0.3 is 0 Å². The number of allylic oxidation sites excluding steroid dienone is 2. The average Bonchev–Trinajstić information content (AvgIpc) is 3.15. The van der Waals surface area contributed by atoms with Crippen molar-refractivity contribution in [3.8, 4) is 11.8 Å². The molecule has 10 heteroatoms. The monoisotopic (exact) mass is 485 g/mol. The van der Waals surface area contributed by atoms with Gasteiger partial charge in [-0.25, -0.2) is 0 Å². The summed E-state index contributed by atoms with van der Waals surface area (Å²) in [6.45, 7) is 3.10. The molecule has 0 bridgehead atoms. The number of nitrogens with zero attached hydrogens (tertiary/aromatic N) is 4. The zero-order valence-electron chi connectivity index (χ0n) is 20.3. The number of Topliss-reactive ketones (excluding diaryl/α,β-unsaturated/α-hetero) is 1. The molecule has 2 aliphatic rings. The molecule has 2 aromatic rings. The van der Waals surface area contributed by atoms with Crippen molar-refractivity contribution in [1.29, 1.82) is 5.26 Å². The van der Waals surface area contributed by atoms with Crippen molar-refractivity contribution in [1.82, 2.24) is 0 Å². The number of hydrogen-bond donors (Lipinski definition) is 2. The first-order valence-corrected chi connectivity index (χ1v) is 10.9. The topological polar surface area (TPSA) is 135 Å². The number of nitriles is 1. The van der Waals surface area contributed by atoms with Gasteiger partial charge in [-0.3, -0.25) is 14.4 Å². The second-order valence-electron chi connectivity index (χ2n) is 8.44. The number of hydrazone groups is 1. The number of ether oxygens (including phenoxy) is 1. The summed E-state index contributed by atoms with van der Waals surface area (Å²) in [5.74, 6) is -1.67. The Kier molecular flexibility index (Phi) is 6.08. The van der Waals surface area contributed by atoms with Gasteiger partial charge in [0.1, 0.15) is 17.6 Å². The smallest absolute Gasteiger partial charge is 0.282 e. The number of methoxy groups -OCH3 is 1. The number of aliphatic hydroxyl groups excluding tert-OH is 1. The summed E-state index contributed by atoms with van der Waals surface area (Å²) in [5.41, 5.74) is 1.54. The molecule has 1 heterocycles. The van der Waals surface area contributed by atoms with Crippen molar-refractivity contribution in [3.63, 3.8) is 0 Å². The summed E-state index contributed by atoms with van der Waals surface area (Å²) in [6.07, 6.45) is 0. The Morgan fingerprint density at radius 2 is 1.86 bits per heavy atom. The van der Waals surface area contributed by atoms with Gasteiger partial charge < -0.3 is 20.1 Å². The highest BCUT2D eigenvalue weighted by Gasteiger charge is 2.45. The van der Waals surface area contributed by atoms with Crippen LogP contribution >= 0.6 is 0 Å². The van der Waals surface area contributed by atoms with E-state index in [9.17, 15) is 24.8 Å². The van der Waals surface area contributed by atoms with Crippen molar-refractivity contribution in [2.24, 2.45) is 5.10 Å². The van der Waals surface area contributed by atoms with Crippen LogP contribution in [0.2, 0.25) is 0 Å². The predicted molar refractivity (Wildman–Crippen MR) is 135 cm³/mol. The van der Waals surface area contributed by atoms with Gasteiger partial charge in [-0.15, -0.1) is 0 Å². The van der Waals surface area contributed by atoms with Gasteiger partial charge in [0, 0.05) is 38.3 Å². The molecule has 0 aromatic heterocycles. The van der Waals surface area contributed by atoms with Crippen molar-refractivity contribution in [3.05, 3.63) is 64.4 Å². The molecule has 0 atom stereocenters. The number of hydrogen-bond acceptors (Lipinski definition) is 8. The molecule has 2 N–H and O–H groups in total. The second-order valence-corrected chi connectivity index (χ2v) is 8.44. The minimum Gasteiger partial charge on any atom is -0.506 e. The Bertz CT molecular complexity index is 1480. The molecule has 182 valence electrons. The quantitative estimate of drug-likeness (QED) is 0.621. The minimum absolute atomic E-state index is 0.0624. The zero-order chi connectivity index (χ0) is 26.3. The van der Waals surface area contributed by atoms with Gasteiger partial charge in [-0.1, -0.05) is 6.07 Å². The van der Waals surface area contributed by atoms with Crippen LogP contribution in [0.4, 0.5) is 17.1 Å². The standard InChI is InChI=1S/C26H23N5O5/c1-13-6-8-16(36-5)11-20(13)31-26(35)22(19(12-27)29-31)23-24(33)21(25(23)34)17-9-7-15(30(3)4)10-18(17)28-14(2)32/h6-11,33H,1-5H3,(H,28,32). The van der Waals surface area contributed by atoms with Crippen LogP contribution in [0.3, 0.4) is 0 Å². The molecule has 1 aliphatic heterocycles. The van der Waals surface area contributed by atoms with E-state index in [-0.39, 0.29) is 28.3 Å². The van der Waals surface area contributed by atoms with Crippen molar-refractivity contribution >= 4 is 45.9 Å². The number of rotatable bonds is 5. The summed E-state index contributed by atoms with van der Waals surface area (Å²) >= 11 is 0. The summed E-state index contributed by atoms with van der Waals surface area (Å²) in [6, 6.07) is 11.9. The van der Waals surface area contributed by atoms with Crippen LogP contribution in [-0.2, 0) is 14.4 Å². The Balaban J connectivity index is 1.83. The maximum absolute atomic E-state index is 13.3. The maximum Gasteiger partial charge on any atom is 0.282 e. The molecular formula is C26H23N5O5. The molecule has 1 aliphatic carbocycles. The SMILES string of the molecule is COc1ccc(C)c(N2N=C(C#N)C(=C3C(=O)C(c4ccc(N(C)C)cc4NC(C)=O)=C3O)C2=O)c1. The third-order valence-electron chi connectivity index (χ3n) is 5.87. The lowest BCUT2D eigenvalue weighted by molar-refractivity contribution is -0.115. The highest BCUT2D eigenvalue weighted by atomic mass is 16.5. The van der Waals surface area contributed by atoms with Crippen molar-refractivity contribution in [2.45, 2.75) is 13.8 Å². The van der Waals surface area contributed by atoms with Gasteiger partial charge in [-0.05, 0) is 36.8 Å². The van der Waals surface area contributed by atoms with Crippen molar-refractivity contribution < 1.29 is 24.2 Å². The molecule has 0 saturated heterocycles. The molecule has 0 radical (unpaired) electrons. The zero-order valence-corrected chi connectivity index (χ0v) is 20.3. The van der Waals surface area contributed by atoms with Gasteiger partial charge in [0.05, 0.1) is 35.2 Å². The molecule has 4 rings (SSSR count). The van der Waals surface area contributed by atoms with E-state index in [4.69, 9.17) is 4.74 Å². The van der Waals surface area contributed by atoms with Crippen LogP contribution in [0.15, 0.2) is 58.4 Å². The number of ketones is 1. The van der Waals surface area contributed by atoms with E-state index < -0.39 is 17.4 Å². The Morgan fingerprint density at radius 3 is 2.44 bits per heavy atom. The number of aliphatic hydroxyl groups is 1. The van der Waals surface area contributed by atoms with E-state index in [2.05, 4.69) is 10.4 Å². The number of amides is 2. The van der Waals surface area contributed by atoms with E-state index in [0.717, 1.165) is 10.7 Å². The molecular weight excluding hydrogens is 462 g/mol. The van der Waals surface area contributed by atoms with Crippen LogP contribution in [0.25, 0.3) is 5.57 Å². The van der Waals surface area contributed by atoms with Crippen LogP contribution in [0, 0.1) is 18.3 Å². The van der Waals surface area contributed by atoms with Gasteiger partial charge in [0.25, 0.3) is 5.91 Å². The summed E-state index contributed by atoms with van der Waals surface area (Å²) in [4.78, 5) is 40.2.